The fraction of sp³-hybridized carbons (Fsp3) is 0.833. The average molecular weight is 306 g/mol. The van der Waals surface area contributed by atoms with Gasteiger partial charge in [0.2, 0.25) is 0 Å². The van der Waals surface area contributed by atoms with Gasteiger partial charge in [0.15, 0.2) is 0 Å². The van der Waals surface area contributed by atoms with Crippen LogP contribution in [0.15, 0.2) is 0 Å². The molecule has 0 aromatic rings. The lowest BCUT2D eigenvalue weighted by atomic mass is 9.80. The van der Waals surface area contributed by atoms with Crippen molar-refractivity contribution in [3.8, 4) is 0 Å². The average Bonchev–Trinajstić information content (AvgIpc) is 2.43. The van der Waals surface area contributed by atoms with Crippen LogP contribution < -0.4 is 10.6 Å². The number of carbonyl (C=O) groups is 2. The van der Waals surface area contributed by atoms with Gasteiger partial charge in [-0.25, -0.2) is 4.79 Å². The Hall–Kier alpha value is -1.15. The molecule has 0 spiro atoms. The number of carboxylic acid groups (broad SMARTS) is 1. The predicted molar refractivity (Wildman–Crippen MR) is 75.1 cm³/mol. The first-order valence-corrected chi connectivity index (χ1v) is 8.14. The Morgan fingerprint density at radius 3 is 2.45 bits per heavy atom. The molecule has 0 saturated carbocycles. The van der Waals surface area contributed by atoms with E-state index in [-0.39, 0.29) is 18.3 Å². The van der Waals surface area contributed by atoms with Crippen molar-refractivity contribution in [1.29, 1.82) is 0 Å². The zero-order chi connectivity index (χ0) is 15.2. The van der Waals surface area contributed by atoms with Gasteiger partial charge < -0.3 is 20.5 Å². The van der Waals surface area contributed by atoms with E-state index in [9.17, 15) is 18.9 Å². The monoisotopic (exact) mass is 306 g/mol. The quantitative estimate of drug-likeness (QED) is 0.637. The van der Waals surface area contributed by atoms with Gasteiger partial charge in [-0.1, -0.05) is 0 Å². The highest BCUT2D eigenvalue weighted by Gasteiger charge is 2.40. The van der Waals surface area contributed by atoms with Crippen LogP contribution in [0.2, 0.25) is 0 Å². The summed E-state index contributed by atoms with van der Waals surface area (Å²) in [6.07, 6.45) is 2.35. The zero-order valence-electron chi connectivity index (χ0n) is 11.8. The van der Waals surface area contributed by atoms with E-state index in [1.54, 1.807) is 13.2 Å². The number of hydrogen-bond donors (Lipinski definition) is 3. The van der Waals surface area contributed by atoms with Gasteiger partial charge in [0, 0.05) is 48.6 Å². The summed E-state index contributed by atoms with van der Waals surface area (Å²) in [5.41, 5.74) is -0.950. The van der Waals surface area contributed by atoms with Crippen LogP contribution in [0.25, 0.3) is 0 Å². The van der Waals surface area contributed by atoms with Crippen molar-refractivity contribution in [2.45, 2.75) is 25.0 Å². The van der Waals surface area contributed by atoms with Gasteiger partial charge in [-0.05, 0) is 19.8 Å². The maximum atomic E-state index is 11.6. The highest BCUT2D eigenvalue weighted by Crippen LogP contribution is 2.29. The lowest BCUT2D eigenvalue weighted by Gasteiger charge is -2.33. The molecule has 2 unspecified atom stereocenters. The molecule has 0 aromatic heterocycles. The number of aliphatic carboxylic acids is 1. The Kier molecular flexibility index (Phi) is 6.41. The SMILES string of the molecule is CC(CNC(=O)NCC1(C(=O)O)CCOCC1)S(C)=O. The summed E-state index contributed by atoms with van der Waals surface area (Å²) < 4.78 is 16.3. The van der Waals surface area contributed by atoms with Gasteiger partial charge in [0.25, 0.3) is 0 Å². The van der Waals surface area contributed by atoms with Gasteiger partial charge >= 0.3 is 12.0 Å². The number of nitrogens with one attached hydrogen (secondary N) is 2. The molecule has 116 valence electrons. The smallest absolute Gasteiger partial charge is 0.314 e. The van der Waals surface area contributed by atoms with Crippen LogP contribution in [-0.4, -0.2) is 59.1 Å². The fourth-order valence-electron chi connectivity index (χ4n) is 1.89. The largest absolute Gasteiger partial charge is 0.481 e. The molecule has 2 amide bonds. The lowest BCUT2D eigenvalue weighted by molar-refractivity contribution is -0.154. The third kappa shape index (κ3) is 4.75. The van der Waals surface area contributed by atoms with E-state index in [2.05, 4.69) is 10.6 Å². The number of urea groups is 1. The Morgan fingerprint density at radius 1 is 1.35 bits per heavy atom. The minimum Gasteiger partial charge on any atom is -0.481 e. The van der Waals surface area contributed by atoms with E-state index in [1.807, 2.05) is 0 Å². The molecule has 0 aliphatic carbocycles. The first-order chi connectivity index (χ1) is 9.37. The second-order valence-corrected chi connectivity index (χ2v) is 6.87. The van der Waals surface area contributed by atoms with Crippen LogP contribution in [0.1, 0.15) is 19.8 Å². The summed E-state index contributed by atoms with van der Waals surface area (Å²) >= 11 is 0. The molecule has 20 heavy (non-hydrogen) atoms. The Bertz CT molecular complexity index is 382. The normalized spacial score (nSPS) is 20.7. The number of amides is 2. The molecule has 1 aliphatic rings. The van der Waals surface area contributed by atoms with E-state index < -0.39 is 28.2 Å². The van der Waals surface area contributed by atoms with Crippen LogP contribution in [0.4, 0.5) is 4.79 Å². The summed E-state index contributed by atoms with van der Waals surface area (Å²) in [5.74, 6) is -0.913. The number of rotatable bonds is 6. The topological polar surface area (TPSA) is 105 Å². The molecule has 1 fully saturated rings. The number of carbonyl (C=O) groups excluding carboxylic acids is 1. The van der Waals surface area contributed by atoms with Crippen molar-refractivity contribution in [3.63, 3.8) is 0 Å². The minimum absolute atomic E-state index is 0.0706. The maximum absolute atomic E-state index is 11.6. The molecule has 8 heteroatoms. The number of carboxylic acids is 1. The van der Waals surface area contributed by atoms with Gasteiger partial charge in [0.05, 0.1) is 5.41 Å². The molecule has 2 atom stereocenters. The van der Waals surface area contributed by atoms with Crippen LogP contribution in [0.3, 0.4) is 0 Å². The van der Waals surface area contributed by atoms with Crippen LogP contribution in [0.5, 0.6) is 0 Å². The van der Waals surface area contributed by atoms with E-state index in [1.165, 1.54) is 0 Å². The summed E-state index contributed by atoms with van der Waals surface area (Å²) in [4.78, 5) is 23.0. The molecule has 1 aliphatic heterocycles. The van der Waals surface area contributed by atoms with Gasteiger partial charge in [-0.15, -0.1) is 0 Å². The second kappa shape index (κ2) is 7.58. The third-order valence-corrected chi connectivity index (χ3v) is 4.91. The zero-order valence-corrected chi connectivity index (χ0v) is 12.6. The second-order valence-electron chi connectivity index (χ2n) is 5.07. The van der Waals surface area contributed by atoms with E-state index in [0.717, 1.165) is 0 Å². The van der Waals surface area contributed by atoms with Crippen molar-refractivity contribution in [2.75, 3.05) is 32.6 Å². The summed E-state index contributed by atoms with van der Waals surface area (Å²) in [7, 11) is -1.00. The van der Waals surface area contributed by atoms with Crippen LogP contribution in [0, 0.1) is 5.41 Å². The molecule has 0 radical (unpaired) electrons. The summed E-state index contributed by atoms with van der Waals surface area (Å²) in [6.45, 7) is 2.91. The van der Waals surface area contributed by atoms with Crippen molar-refractivity contribution >= 4 is 22.8 Å². The Balaban J connectivity index is 2.41. The van der Waals surface area contributed by atoms with Crippen molar-refractivity contribution in [3.05, 3.63) is 0 Å². The number of hydrogen-bond acceptors (Lipinski definition) is 4. The van der Waals surface area contributed by atoms with Gasteiger partial charge in [0.1, 0.15) is 0 Å². The van der Waals surface area contributed by atoms with Gasteiger partial charge in [-0.3, -0.25) is 9.00 Å². The molecular formula is C12H22N2O5S. The van der Waals surface area contributed by atoms with Crippen molar-refractivity contribution < 1.29 is 23.6 Å². The first kappa shape index (κ1) is 16.9. The number of ether oxygens (including phenoxy) is 1. The third-order valence-electron chi connectivity index (χ3n) is 3.61. The fourth-order valence-corrected chi connectivity index (χ4v) is 2.21. The molecule has 7 nitrogen and oxygen atoms in total. The molecule has 0 bridgehead atoms. The molecule has 3 N–H and O–H groups in total. The van der Waals surface area contributed by atoms with Crippen molar-refractivity contribution in [1.82, 2.24) is 10.6 Å². The molecular weight excluding hydrogens is 284 g/mol. The highest BCUT2D eigenvalue weighted by molar-refractivity contribution is 7.84. The molecule has 1 saturated heterocycles. The van der Waals surface area contributed by atoms with E-state index in [4.69, 9.17) is 4.74 Å². The van der Waals surface area contributed by atoms with Gasteiger partial charge in [-0.2, -0.15) is 0 Å². The summed E-state index contributed by atoms with van der Waals surface area (Å²) in [5, 5.41) is 14.4. The first-order valence-electron chi connectivity index (χ1n) is 6.52. The predicted octanol–water partition coefficient (Wildman–Crippen LogP) is -0.0660. The Labute approximate surface area is 120 Å². The van der Waals surface area contributed by atoms with E-state index >= 15 is 0 Å². The molecule has 1 rings (SSSR count). The van der Waals surface area contributed by atoms with Crippen LogP contribution >= 0.6 is 0 Å². The molecule has 1 heterocycles. The standard InChI is InChI=1S/C12H22N2O5S/c1-9(20(2)18)7-13-11(17)14-8-12(10(15)16)3-5-19-6-4-12/h9H,3-8H2,1-2H3,(H,15,16)(H2,13,14,17). The minimum atomic E-state index is -1.00. The maximum Gasteiger partial charge on any atom is 0.314 e. The Morgan fingerprint density at radius 2 is 1.95 bits per heavy atom. The summed E-state index contributed by atoms with van der Waals surface area (Å²) in [6, 6.07) is -0.436. The highest BCUT2D eigenvalue weighted by atomic mass is 32.2. The molecule has 0 aromatic carbocycles. The lowest BCUT2D eigenvalue weighted by Crippen LogP contribution is -2.49. The van der Waals surface area contributed by atoms with Crippen molar-refractivity contribution in [2.24, 2.45) is 5.41 Å². The van der Waals surface area contributed by atoms with E-state index in [0.29, 0.717) is 26.1 Å². The van der Waals surface area contributed by atoms with Crippen LogP contribution in [-0.2, 0) is 20.3 Å².